The number of fused-ring (bicyclic) bond motifs is 1. The Hall–Kier alpha value is -2.68. The van der Waals surface area contributed by atoms with Crippen molar-refractivity contribution in [3.8, 4) is 5.75 Å². The first-order chi connectivity index (χ1) is 14.1. The average molecular weight is 419 g/mol. The van der Waals surface area contributed by atoms with Crippen LogP contribution >= 0.6 is 11.8 Å². The van der Waals surface area contributed by atoms with Gasteiger partial charge in [0.25, 0.3) is 0 Å². The Morgan fingerprint density at radius 2 is 2.10 bits per heavy atom. The summed E-state index contributed by atoms with van der Waals surface area (Å²) in [4.78, 5) is 34.6. The van der Waals surface area contributed by atoms with Crippen LogP contribution in [0.15, 0.2) is 30.6 Å². The third kappa shape index (κ3) is 4.67. The van der Waals surface area contributed by atoms with Gasteiger partial charge in [-0.15, -0.1) is 0 Å². The molecule has 0 bridgehead atoms. The van der Waals surface area contributed by atoms with Crippen molar-refractivity contribution in [1.29, 1.82) is 0 Å². The van der Waals surface area contributed by atoms with Crippen molar-refractivity contribution < 1.29 is 19.1 Å². The summed E-state index contributed by atoms with van der Waals surface area (Å²) in [6, 6.07) is 6.24. The molecule has 0 fully saturated rings. The first-order valence-corrected chi connectivity index (χ1v) is 10.8. The van der Waals surface area contributed by atoms with Crippen LogP contribution in [0, 0.1) is 0 Å². The fourth-order valence-corrected chi connectivity index (χ4v) is 3.95. The van der Waals surface area contributed by atoms with Crippen LogP contribution in [0.3, 0.4) is 0 Å². The molecule has 0 radical (unpaired) electrons. The maximum Gasteiger partial charge on any atom is 0.328 e. The molecular formula is C20H26N4O4S. The molecule has 1 aliphatic heterocycles. The van der Waals surface area contributed by atoms with Gasteiger partial charge in [0.1, 0.15) is 17.8 Å². The van der Waals surface area contributed by atoms with Gasteiger partial charge in [-0.1, -0.05) is 12.1 Å². The van der Waals surface area contributed by atoms with Crippen molar-refractivity contribution in [1.82, 2.24) is 20.2 Å². The summed E-state index contributed by atoms with van der Waals surface area (Å²) < 4.78 is 10.1. The molecule has 2 N–H and O–H groups in total. The number of ether oxygens (including phenoxy) is 2. The molecule has 1 aromatic heterocycles. The number of nitrogens with zero attached hydrogens (tertiary/aromatic N) is 2. The number of thioether (sulfide) groups is 1. The summed E-state index contributed by atoms with van der Waals surface area (Å²) in [6.07, 6.45) is 4.79. The van der Waals surface area contributed by atoms with Crippen LogP contribution in [-0.4, -0.2) is 65.7 Å². The number of urea groups is 1. The number of benzene rings is 1. The molecule has 2 amide bonds. The summed E-state index contributed by atoms with van der Waals surface area (Å²) >= 11 is 1.61. The summed E-state index contributed by atoms with van der Waals surface area (Å²) in [5, 5.41) is 2.85. The molecule has 2 aromatic rings. The van der Waals surface area contributed by atoms with Crippen LogP contribution in [0.5, 0.6) is 5.75 Å². The predicted octanol–water partition coefficient (Wildman–Crippen LogP) is 2.37. The molecule has 29 heavy (non-hydrogen) atoms. The number of esters is 1. The lowest BCUT2D eigenvalue weighted by Crippen LogP contribution is -2.51. The average Bonchev–Trinajstić information content (AvgIpc) is 3.24. The second-order valence-corrected chi connectivity index (χ2v) is 7.68. The minimum Gasteiger partial charge on any atom is -0.497 e. The Kier molecular flexibility index (Phi) is 7.03. The highest BCUT2D eigenvalue weighted by atomic mass is 32.2. The van der Waals surface area contributed by atoms with Gasteiger partial charge in [0.15, 0.2) is 0 Å². The zero-order valence-electron chi connectivity index (χ0n) is 16.8. The van der Waals surface area contributed by atoms with Crippen LogP contribution in [0.2, 0.25) is 0 Å². The number of methoxy groups -OCH3 is 2. The van der Waals surface area contributed by atoms with Crippen molar-refractivity contribution in [2.24, 2.45) is 0 Å². The summed E-state index contributed by atoms with van der Waals surface area (Å²) in [7, 11) is 2.94. The van der Waals surface area contributed by atoms with Crippen LogP contribution < -0.4 is 10.1 Å². The normalized spacial score (nSPS) is 16.7. The quantitative estimate of drug-likeness (QED) is 0.670. The molecule has 2 heterocycles. The van der Waals surface area contributed by atoms with E-state index in [9.17, 15) is 9.59 Å². The Morgan fingerprint density at radius 1 is 1.34 bits per heavy atom. The van der Waals surface area contributed by atoms with Gasteiger partial charge in [0.05, 0.1) is 26.2 Å². The fourth-order valence-electron chi connectivity index (χ4n) is 3.48. The van der Waals surface area contributed by atoms with Crippen molar-refractivity contribution in [3.63, 3.8) is 0 Å². The van der Waals surface area contributed by atoms with E-state index in [0.717, 1.165) is 28.5 Å². The molecule has 2 unspecified atom stereocenters. The lowest BCUT2D eigenvalue weighted by molar-refractivity contribution is -0.142. The molecule has 0 saturated carbocycles. The molecule has 8 nitrogen and oxygen atoms in total. The number of aromatic nitrogens is 2. The predicted molar refractivity (Wildman–Crippen MR) is 111 cm³/mol. The highest BCUT2D eigenvalue weighted by Crippen LogP contribution is 2.34. The number of nitrogens with one attached hydrogen (secondary N) is 2. The number of amides is 2. The first-order valence-electron chi connectivity index (χ1n) is 9.39. The van der Waals surface area contributed by atoms with Gasteiger partial charge in [0.2, 0.25) is 0 Å². The van der Waals surface area contributed by atoms with Crippen molar-refractivity contribution in [2.75, 3.05) is 32.8 Å². The molecule has 0 saturated heterocycles. The van der Waals surface area contributed by atoms with Crippen molar-refractivity contribution in [2.45, 2.75) is 24.9 Å². The van der Waals surface area contributed by atoms with Gasteiger partial charge in [-0.25, -0.2) is 14.6 Å². The summed E-state index contributed by atoms with van der Waals surface area (Å²) in [5.41, 5.74) is 2.75. The molecule has 1 aromatic carbocycles. The van der Waals surface area contributed by atoms with Gasteiger partial charge in [0, 0.05) is 18.7 Å². The highest BCUT2D eigenvalue weighted by molar-refractivity contribution is 7.98. The van der Waals surface area contributed by atoms with Crippen LogP contribution in [-0.2, 0) is 16.0 Å². The highest BCUT2D eigenvalue weighted by Gasteiger charge is 2.35. The van der Waals surface area contributed by atoms with E-state index in [1.165, 1.54) is 7.11 Å². The van der Waals surface area contributed by atoms with Crippen molar-refractivity contribution in [3.05, 3.63) is 47.5 Å². The van der Waals surface area contributed by atoms with E-state index < -0.39 is 12.0 Å². The zero-order valence-corrected chi connectivity index (χ0v) is 17.6. The molecule has 2 atom stereocenters. The van der Waals surface area contributed by atoms with Gasteiger partial charge in [-0.3, -0.25) is 0 Å². The van der Waals surface area contributed by atoms with E-state index in [4.69, 9.17) is 9.47 Å². The van der Waals surface area contributed by atoms with Gasteiger partial charge in [-0.2, -0.15) is 11.8 Å². The van der Waals surface area contributed by atoms with E-state index in [1.54, 1.807) is 30.1 Å². The maximum atomic E-state index is 13.2. The fraction of sp³-hybridized carbons (Fsp3) is 0.450. The summed E-state index contributed by atoms with van der Waals surface area (Å²) in [5.74, 6) is 1.04. The van der Waals surface area contributed by atoms with E-state index >= 15 is 0 Å². The van der Waals surface area contributed by atoms with E-state index in [2.05, 4.69) is 15.3 Å². The third-order valence-corrected chi connectivity index (χ3v) is 5.66. The zero-order chi connectivity index (χ0) is 20.8. The number of carbonyl (C=O) groups is 2. The lowest BCUT2D eigenvalue weighted by Gasteiger charge is -2.36. The number of carbonyl (C=O) groups excluding carboxylic acids is 2. The van der Waals surface area contributed by atoms with E-state index in [-0.39, 0.29) is 12.1 Å². The Bertz CT molecular complexity index is 839. The Balaban J connectivity index is 1.87. The molecule has 156 valence electrons. The van der Waals surface area contributed by atoms with Gasteiger partial charge in [-0.05, 0) is 36.1 Å². The Morgan fingerprint density at radius 3 is 2.76 bits per heavy atom. The standard InChI is InChI=1S/C20H26N4O4S/c1-27-14-6-4-13(5-7-14)18-17-15(21-12-22-17)8-10-24(18)20(26)23-16(9-11-29-3)19(25)28-2/h4-7,12,16,18H,8-11H2,1-3H3,(H,21,22)(H,23,26). The topological polar surface area (TPSA) is 96.6 Å². The second kappa shape index (κ2) is 9.69. The van der Waals surface area contributed by atoms with E-state index in [1.807, 2.05) is 30.5 Å². The molecule has 3 rings (SSSR count). The number of H-pyrrole nitrogens is 1. The van der Waals surface area contributed by atoms with Crippen LogP contribution in [0.1, 0.15) is 29.4 Å². The number of hydrogen-bond acceptors (Lipinski definition) is 6. The third-order valence-electron chi connectivity index (χ3n) is 5.01. The SMILES string of the molecule is COC(=O)C(CCSC)NC(=O)N1CCc2[nH]cnc2C1c1ccc(OC)cc1. The first kappa shape index (κ1) is 21.0. The maximum absolute atomic E-state index is 13.2. The van der Waals surface area contributed by atoms with Crippen LogP contribution in [0.4, 0.5) is 4.79 Å². The molecule has 9 heteroatoms. The minimum absolute atomic E-state index is 0.309. The van der Waals surface area contributed by atoms with Gasteiger partial charge < -0.3 is 24.7 Å². The second-order valence-electron chi connectivity index (χ2n) is 6.69. The minimum atomic E-state index is -0.683. The number of rotatable bonds is 7. The van der Waals surface area contributed by atoms with Crippen molar-refractivity contribution >= 4 is 23.8 Å². The lowest BCUT2D eigenvalue weighted by atomic mass is 9.96. The molecule has 1 aliphatic rings. The molecular weight excluding hydrogens is 392 g/mol. The van der Waals surface area contributed by atoms with Gasteiger partial charge >= 0.3 is 12.0 Å². The number of aromatic amines is 1. The monoisotopic (exact) mass is 418 g/mol. The number of imidazole rings is 1. The largest absolute Gasteiger partial charge is 0.497 e. The van der Waals surface area contributed by atoms with E-state index in [0.29, 0.717) is 19.4 Å². The smallest absolute Gasteiger partial charge is 0.328 e. The number of hydrogen-bond donors (Lipinski definition) is 2. The van der Waals surface area contributed by atoms with Crippen LogP contribution in [0.25, 0.3) is 0 Å². The molecule has 0 aliphatic carbocycles. The summed E-state index contributed by atoms with van der Waals surface area (Å²) in [6.45, 7) is 0.508. The molecule has 0 spiro atoms. The Labute approximate surface area is 174 Å².